The zero-order chi connectivity index (χ0) is 40.3. The minimum absolute atomic E-state index is 0.0126. The van der Waals surface area contributed by atoms with E-state index in [4.69, 9.17) is 30.5 Å². The standard InChI is InChI=1S/C43H31ClFN5O7S/c1-23-31-11-13-34(38(23)44)56-30(19-51)21-54-29-10-12-33(55-20-28-14-15-47-40(50-28)32-5-3-2-4-25(32)18-46)26(16-29)17-35(43(52)53)57-41-37-36(31)39(58-42(37)49-22-48-41)24-6-8-27(45)9-7-24/h2-16,22,30,35,51H,17,19-21H2,1H3,(H,52,53). The van der Waals surface area contributed by atoms with E-state index in [1.165, 1.54) is 29.8 Å². The number of halogens is 2. The van der Waals surface area contributed by atoms with Crippen molar-refractivity contribution in [3.63, 3.8) is 0 Å². The molecule has 0 saturated heterocycles. The van der Waals surface area contributed by atoms with Crippen LogP contribution >= 0.6 is 22.9 Å². The van der Waals surface area contributed by atoms with E-state index in [0.29, 0.717) is 82.8 Å². The van der Waals surface area contributed by atoms with E-state index in [1.807, 2.05) is 6.92 Å². The largest absolute Gasteiger partial charge is 0.490 e. The van der Waals surface area contributed by atoms with Crippen molar-refractivity contribution in [1.82, 2.24) is 19.9 Å². The van der Waals surface area contributed by atoms with Crippen LogP contribution in [0.5, 0.6) is 23.1 Å². The van der Waals surface area contributed by atoms with Gasteiger partial charge in [0.1, 0.15) is 47.4 Å². The third-order valence-electron chi connectivity index (χ3n) is 9.46. The molecule has 9 rings (SSSR count). The molecule has 58 heavy (non-hydrogen) atoms. The lowest BCUT2D eigenvalue weighted by atomic mass is 9.96. The van der Waals surface area contributed by atoms with Gasteiger partial charge in [-0.05, 0) is 78.2 Å². The molecule has 4 aromatic carbocycles. The highest BCUT2D eigenvalue weighted by Crippen LogP contribution is 2.49. The lowest BCUT2D eigenvalue weighted by Crippen LogP contribution is -2.30. The van der Waals surface area contributed by atoms with Crippen molar-refractivity contribution in [3.8, 4) is 62.2 Å². The average Bonchev–Trinajstić information content (AvgIpc) is 3.63. The van der Waals surface area contributed by atoms with Crippen LogP contribution in [0, 0.1) is 24.1 Å². The van der Waals surface area contributed by atoms with Gasteiger partial charge in [-0.25, -0.2) is 29.1 Å². The van der Waals surface area contributed by atoms with Crippen molar-refractivity contribution < 1.29 is 38.3 Å². The van der Waals surface area contributed by atoms with Crippen LogP contribution in [0.1, 0.15) is 22.4 Å². The smallest absolute Gasteiger partial charge is 0.345 e. The van der Waals surface area contributed by atoms with Gasteiger partial charge in [-0.15, -0.1) is 11.3 Å². The van der Waals surface area contributed by atoms with Crippen LogP contribution in [0.15, 0.2) is 97.5 Å². The number of ether oxygens (including phenoxy) is 4. The maximum absolute atomic E-state index is 14.1. The summed E-state index contributed by atoms with van der Waals surface area (Å²) in [6.07, 6.45) is 0.364. The molecular weight excluding hydrogens is 785 g/mol. The molecule has 2 atom stereocenters. The summed E-state index contributed by atoms with van der Waals surface area (Å²) in [5.41, 5.74) is 4.49. The van der Waals surface area contributed by atoms with E-state index in [9.17, 15) is 24.7 Å². The fourth-order valence-corrected chi connectivity index (χ4v) is 7.93. The van der Waals surface area contributed by atoms with Crippen molar-refractivity contribution in [1.29, 1.82) is 5.26 Å². The molecule has 0 aliphatic carbocycles. The number of aliphatic hydroxyl groups excluding tert-OH is 1. The number of carboxylic acid groups (broad SMARTS) is 1. The Morgan fingerprint density at radius 2 is 1.86 bits per heavy atom. The Morgan fingerprint density at radius 1 is 1.03 bits per heavy atom. The van der Waals surface area contributed by atoms with Gasteiger partial charge in [0.25, 0.3) is 0 Å². The number of aliphatic carboxylic acids is 1. The maximum atomic E-state index is 14.1. The molecule has 0 fully saturated rings. The van der Waals surface area contributed by atoms with Crippen LogP contribution in [0.25, 0.3) is 43.2 Å². The molecule has 3 aromatic heterocycles. The van der Waals surface area contributed by atoms with Crippen molar-refractivity contribution in [2.75, 3.05) is 13.2 Å². The quantitative estimate of drug-likeness (QED) is 0.158. The molecule has 15 heteroatoms. The number of benzene rings is 4. The minimum atomic E-state index is -1.48. The Morgan fingerprint density at radius 3 is 2.66 bits per heavy atom. The Bertz CT molecular complexity index is 2720. The van der Waals surface area contributed by atoms with E-state index < -0.39 is 30.6 Å². The highest BCUT2D eigenvalue weighted by molar-refractivity contribution is 7.22. The molecule has 2 N–H and O–H groups in total. The fourth-order valence-electron chi connectivity index (χ4n) is 6.57. The molecule has 5 heterocycles. The minimum Gasteiger partial charge on any atom is -0.490 e. The normalized spacial score (nSPS) is 15.1. The first-order valence-corrected chi connectivity index (χ1v) is 19.1. The number of nitrogens with zero attached hydrogens (tertiary/aromatic N) is 5. The summed E-state index contributed by atoms with van der Waals surface area (Å²) in [6, 6.07) is 25.3. The van der Waals surface area contributed by atoms with E-state index in [2.05, 4.69) is 26.0 Å². The van der Waals surface area contributed by atoms with Gasteiger partial charge in [0.15, 0.2) is 11.9 Å². The molecule has 0 radical (unpaired) electrons. The number of aromatic nitrogens is 4. The molecule has 0 amide bonds. The number of fused-ring (bicyclic) bond motifs is 7. The number of rotatable bonds is 7. The lowest BCUT2D eigenvalue weighted by Gasteiger charge is -2.21. The summed E-state index contributed by atoms with van der Waals surface area (Å²) < 4.78 is 39.0. The number of hydrogen-bond donors (Lipinski definition) is 2. The first kappa shape index (κ1) is 38.2. The number of aliphatic hydroxyl groups is 1. The maximum Gasteiger partial charge on any atom is 0.345 e. The summed E-state index contributed by atoms with van der Waals surface area (Å²) in [4.78, 5) is 32.2. The molecule has 0 spiro atoms. The predicted molar refractivity (Wildman–Crippen MR) is 214 cm³/mol. The van der Waals surface area contributed by atoms with Crippen molar-refractivity contribution in [2.24, 2.45) is 0 Å². The Hall–Kier alpha value is -6.66. The second-order valence-corrected chi connectivity index (χ2v) is 14.6. The molecule has 12 nitrogen and oxygen atoms in total. The van der Waals surface area contributed by atoms with Gasteiger partial charge in [0, 0.05) is 34.2 Å². The van der Waals surface area contributed by atoms with E-state index in [0.717, 1.165) is 0 Å². The van der Waals surface area contributed by atoms with E-state index in [1.54, 1.807) is 79.0 Å². The third kappa shape index (κ3) is 7.70. The van der Waals surface area contributed by atoms with Gasteiger partial charge in [0.2, 0.25) is 12.0 Å². The van der Waals surface area contributed by atoms with Crippen LogP contribution in [0.4, 0.5) is 4.39 Å². The molecule has 2 unspecified atom stereocenters. The third-order valence-corrected chi connectivity index (χ3v) is 11.1. The monoisotopic (exact) mass is 815 g/mol. The summed E-state index contributed by atoms with van der Waals surface area (Å²) >= 11 is 8.27. The Balaban J connectivity index is 1.22. The summed E-state index contributed by atoms with van der Waals surface area (Å²) in [6.45, 7) is 1.31. The van der Waals surface area contributed by atoms with Gasteiger partial charge < -0.3 is 29.2 Å². The van der Waals surface area contributed by atoms with Crippen LogP contribution in [0.3, 0.4) is 0 Å². The highest BCUT2D eigenvalue weighted by atomic mass is 35.5. The van der Waals surface area contributed by atoms with Gasteiger partial charge >= 0.3 is 5.97 Å². The van der Waals surface area contributed by atoms with Gasteiger partial charge in [-0.3, -0.25) is 0 Å². The molecule has 7 aromatic rings. The van der Waals surface area contributed by atoms with Crippen molar-refractivity contribution >= 4 is 39.1 Å². The first-order chi connectivity index (χ1) is 28.2. The number of thiophene rings is 1. The highest BCUT2D eigenvalue weighted by Gasteiger charge is 2.29. The molecule has 290 valence electrons. The van der Waals surface area contributed by atoms with E-state index >= 15 is 0 Å². The summed E-state index contributed by atoms with van der Waals surface area (Å²) in [5.74, 6) is -0.327. The number of carbonyl (C=O) groups is 1. The number of nitriles is 1. The van der Waals surface area contributed by atoms with Crippen molar-refractivity contribution in [2.45, 2.75) is 32.2 Å². The SMILES string of the molecule is Cc1c2ccc(c1Cl)OC(CO)COc1ccc(OCc3ccnc(-c4ccccc4C#N)n3)c(c1)CC(C(=O)O)Oc1ncnc3sc(-c4ccc(F)cc4)c-2c13. The lowest BCUT2D eigenvalue weighted by molar-refractivity contribution is -0.145. The first-order valence-electron chi connectivity index (χ1n) is 17.9. The fraction of sp³-hybridized carbons (Fsp3) is 0.163. The molecule has 4 bridgehead atoms. The topological polar surface area (TPSA) is 170 Å². The predicted octanol–water partition coefficient (Wildman–Crippen LogP) is 8.24. The Kier molecular flexibility index (Phi) is 10.8. The number of hydrogen-bond acceptors (Lipinski definition) is 12. The van der Waals surface area contributed by atoms with E-state index in [-0.39, 0.29) is 30.5 Å². The molecule has 2 aliphatic rings. The van der Waals surface area contributed by atoms with Crippen LogP contribution in [0.2, 0.25) is 5.02 Å². The van der Waals surface area contributed by atoms with Gasteiger partial charge in [0.05, 0.1) is 34.3 Å². The van der Waals surface area contributed by atoms with Crippen molar-refractivity contribution in [3.05, 3.63) is 131 Å². The summed E-state index contributed by atoms with van der Waals surface area (Å²) in [7, 11) is 0. The second-order valence-electron chi connectivity index (χ2n) is 13.2. The molecule has 2 aliphatic heterocycles. The average molecular weight is 816 g/mol. The molecule has 0 saturated carbocycles. The summed E-state index contributed by atoms with van der Waals surface area (Å²) in [5, 5.41) is 31.3. The number of carboxylic acids is 1. The zero-order valence-electron chi connectivity index (χ0n) is 30.6. The zero-order valence-corrected chi connectivity index (χ0v) is 32.1. The second kappa shape index (κ2) is 16.4. The van der Waals surface area contributed by atoms with Crippen LogP contribution in [-0.2, 0) is 17.8 Å². The van der Waals surface area contributed by atoms with Crippen LogP contribution in [-0.4, -0.2) is 61.5 Å². The Labute approximate surface area is 339 Å². The van der Waals surface area contributed by atoms with Crippen LogP contribution < -0.4 is 18.9 Å². The van der Waals surface area contributed by atoms with Gasteiger partial charge in [-0.2, -0.15) is 5.26 Å². The van der Waals surface area contributed by atoms with Gasteiger partial charge in [-0.1, -0.05) is 41.9 Å². The molecular formula is C43H31ClFN5O7S.